The lowest BCUT2D eigenvalue weighted by molar-refractivity contribution is 0.0602. The lowest BCUT2D eigenvalue weighted by Crippen LogP contribution is -2.46. The molecule has 1 saturated heterocycles. The summed E-state index contributed by atoms with van der Waals surface area (Å²) in [5, 5.41) is 0.156. The monoisotopic (exact) mass is 495 g/mol. The zero-order valence-corrected chi connectivity index (χ0v) is 20.9. The van der Waals surface area contributed by atoms with Crippen molar-refractivity contribution in [1.82, 2.24) is 14.8 Å². The predicted molar refractivity (Wildman–Crippen MR) is 136 cm³/mol. The Morgan fingerprint density at radius 1 is 1.17 bits per heavy atom. The SMILES string of the molecule is COc1cccc(C[C@@H](C2CCN(C(=O)c3ccc(F)cc3Cl)CC2)N(C)Cc2ccccn2)c1. The molecule has 4 rings (SSSR count). The third-order valence-corrected chi connectivity index (χ3v) is 7.13. The Hall–Kier alpha value is -2.96. The summed E-state index contributed by atoms with van der Waals surface area (Å²) < 4.78 is 18.9. The fraction of sp³-hybridized carbons (Fsp3) is 0.357. The van der Waals surface area contributed by atoms with E-state index in [2.05, 4.69) is 29.1 Å². The standard InChI is InChI=1S/C28H31ClFN3O2/c1-32(19-23-7-3-4-13-31-23)27(17-20-6-5-8-24(16-20)35-2)21-11-14-33(15-12-21)28(34)25-10-9-22(30)18-26(25)29/h3-10,13,16,18,21,27H,11-12,14-15,17,19H2,1-2H3/t27-/m0/s1. The maximum atomic E-state index is 13.4. The molecule has 7 heteroatoms. The zero-order valence-electron chi connectivity index (χ0n) is 20.2. The van der Waals surface area contributed by atoms with E-state index in [0.29, 0.717) is 24.6 Å². The quantitative estimate of drug-likeness (QED) is 0.415. The maximum Gasteiger partial charge on any atom is 0.255 e. The second kappa shape index (κ2) is 11.6. The first kappa shape index (κ1) is 25.1. The highest BCUT2D eigenvalue weighted by molar-refractivity contribution is 6.33. The highest BCUT2D eigenvalue weighted by Crippen LogP contribution is 2.29. The molecule has 0 N–H and O–H groups in total. The van der Waals surface area contributed by atoms with Crippen LogP contribution in [0.5, 0.6) is 5.75 Å². The van der Waals surface area contributed by atoms with Gasteiger partial charge in [-0.2, -0.15) is 0 Å². The van der Waals surface area contributed by atoms with E-state index in [9.17, 15) is 9.18 Å². The molecule has 1 aromatic heterocycles. The summed E-state index contributed by atoms with van der Waals surface area (Å²) in [6.45, 7) is 2.03. The molecule has 0 aliphatic carbocycles. The van der Waals surface area contributed by atoms with Crippen molar-refractivity contribution < 1.29 is 13.9 Å². The van der Waals surface area contributed by atoms with Gasteiger partial charge >= 0.3 is 0 Å². The van der Waals surface area contributed by atoms with Crippen LogP contribution in [0.25, 0.3) is 0 Å². The van der Waals surface area contributed by atoms with Crippen molar-refractivity contribution in [3.63, 3.8) is 0 Å². The Bertz CT molecular complexity index is 1140. The van der Waals surface area contributed by atoms with E-state index in [0.717, 1.165) is 37.3 Å². The number of benzene rings is 2. The average Bonchev–Trinajstić information content (AvgIpc) is 2.88. The normalized spacial score (nSPS) is 15.3. The topological polar surface area (TPSA) is 45.7 Å². The lowest BCUT2D eigenvalue weighted by atomic mass is 9.84. The van der Waals surface area contributed by atoms with Crippen LogP contribution in [-0.2, 0) is 13.0 Å². The number of hydrogen-bond acceptors (Lipinski definition) is 4. The molecule has 1 aliphatic heterocycles. The van der Waals surface area contributed by atoms with Crippen molar-refractivity contribution in [3.8, 4) is 5.75 Å². The van der Waals surface area contributed by atoms with E-state index in [1.807, 2.05) is 41.4 Å². The van der Waals surface area contributed by atoms with Gasteiger partial charge in [0.05, 0.1) is 23.4 Å². The van der Waals surface area contributed by atoms with Gasteiger partial charge in [0.1, 0.15) is 11.6 Å². The molecule has 5 nitrogen and oxygen atoms in total. The molecule has 1 fully saturated rings. The van der Waals surface area contributed by atoms with Crippen molar-refractivity contribution in [2.75, 3.05) is 27.2 Å². The Morgan fingerprint density at radius 2 is 1.97 bits per heavy atom. The van der Waals surface area contributed by atoms with Crippen molar-refractivity contribution in [2.24, 2.45) is 5.92 Å². The molecule has 0 unspecified atom stereocenters. The van der Waals surface area contributed by atoms with Crippen molar-refractivity contribution in [1.29, 1.82) is 0 Å². The van der Waals surface area contributed by atoms with Gasteiger partial charge in [-0.05, 0) is 80.3 Å². The minimum Gasteiger partial charge on any atom is -0.497 e. The fourth-order valence-corrected chi connectivity index (χ4v) is 5.16. The molecule has 35 heavy (non-hydrogen) atoms. The number of methoxy groups -OCH3 is 1. The number of likely N-dealkylation sites (tertiary alicyclic amines) is 1. The van der Waals surface area contributed by atoms with Gasteiger partial charge in [0.2, 0.25) is 0 Å². The molecule has 1 atom stereocenters. The molecule has 2 heterocycles. The number of piperidine rings is 1. The summed E-state index contributed by atoms with van der Waals surface area (Å²) >= 11 is 6.15. The molecule has 0 spiro atoms. The number of ether oxygens (including phenoxy) is 1. The first-order valence-corrected chi connectivity index (χ1v) is 12.3. The number of carbonyl (C=O) groups excluding carboxylic acids is 1. The summed E-state index contributed by atoms with van der Waals surface area (Å²) in [7, 11) is 3.83. The fourth-order valence-electron chi connectivity index (χ4n) is 4.91. The third-order valence-electron chi connectivity index (χ3n) is 6.82. The molecular formula is C28H31ClFN3O2. The average molecular weight is 496 g/mol. The molecule has 0 bridgehead atoms. The molecule has 2 aromatic carbocycles. The van der Waals surface area contributed by atoms with Gasteiger partial charge < -0.3 is 9.64 Å². The second-order valence-corrected chi connectivity index (χ2v) is 9.52. The summed E-state index contributed by atoms with van der Waals surface area (Å²) in [4.78, 5) is 21.7. The van der Waals surface area contributed by atoms with Crippen LogP contribution >= 0.6 is 11.6 Å². The highest BCUT2D eigenvalue weighted by Gasteiger charge is 2.32. The van der Waals surface area contributed by atoms with Crippen LogP contribution in [0.2, 0.25) is 5.02 Å². The van der Waals surface area contributed by atoms with E-state index in [1.54, 1.807) is 7.11 Å². The number of likely N-dealkylation sites (N-methyl/N-ethyl adjacent to an activating group) is 1. The molecule has 0 radical (unpaired) electrons. The van der Waals surface area contributed by atoms with Gasteiger partial charge in [0, 0.05) is 31.9 Å². The Labute approximate surface area is 211 Å². The minimum absolute atomic E-state index is 0.139. The van der Waals surface area contributed by atoms with E-state index in [-0.39, 0.29) is 17.0 Å². The van der Waals surface area contributed by atoms with Crippen LogP contribution in [0.4, 0.5) is 4.39 Å². The summed E-state index contributed by atoms with van der Waals surface area (Å²) in [6, 6.07) is 18.4. The molecule has 1 amide bonds. The summed E-state index contributed by atoms with van der Waals surface area (Å²) in [5.41, 5.74) is 2.61. The van der Waals surface area contributed by atoms with Crippen LogP contribution in [0.15, 0.2) is 66.9 Å². The third kappa shape index (κ3) is 6.38. The van der Waals surface area contributed by atoms with E-state index >= 15 is 0 Å². The molecule has 0 saturated carbocycles. The second-order valence-electron chi connectivity index (χ2n) is 9.11. The molecule has 1 aliphatic rings. The Kier molecular flexibility index (Phi) is 8.37. The number of amides is 1. The van der Waals surface area contributed by atoms with Crippen LogP contribution < -0.4 is 4.74 Å². The molecule has 3 aromatic rings. The van der Waals surface area contributed by atoms with E-state index in [1.165, 1.54) is 23.8 Å². The number of nitrogens with zero attached hydrogens (tertiary/aromatic N) is 3. The first-order chi connectivity index (χ1) is 16.9. The molecular weight excluding hydrogens is 465 g/mol. The number of halogens is 2. The lowest BCUT2D eigenvalue weighted by Gasteiger charge is -2.40. The summed E-state index contributed by atoms with van der Waals surface area (Å²) in [5.74, 6) is 0.675. The van der Waals surface area contributed by atoms with Crippen LogP contribution in [-0.4, -0.2) is 54.0 Å². The van der Waals surface area contributed by atoms with Crippen molar-refractivity contribution in [2.45, 2.75) is 31.8 Å². The van der Waals surface area contributed by atoms with Crippen LogP contribution in [0.1, 0.15) is 34.5 Å². The largest absolute Gasteiger partial charge is 0.497 e. The first-order valence-electron chi connectivity index (χ1n) is 11.9. The van der Waals surface area contributed by atoms with Gasteiger partial charge in [0.15, 0.2) is 0 Å². The van der Waals surface area contributed by atoms with E-state index in [4.69, 9.17) is 16.3 Å². The Morgan fingerprint density at radius 3 is 2.66 bits per heavy atom. The van der Waals surface area contributed by atoms with Gasteiger partial charge in [-0.15, -0.1) is 0 Å². The van der Waals surface area contributed by atoms with Crippen LogP contribution in [0.3, 0.4) is 0 Å². The van der Waals surface area contributed by atoms with Gasteiger partial charge in [0.25, 0.3) is 5.91 Å². The highest BCUT2D eigenvalue weighted by atomic mass is 35.5. The van der Waals surface area contributed by atoms with Gasteiger partial charge in [-0.1, -0.05) is 29.8 Å². The maximum absolute atomic E-state index is 13.4. The summed E-state index contributed by atoms with van der Waals surface area (Å²) in [6.07, 6.45) is 4.46. The van der Waals surface area contributed by atoms with E-state index < -0.39 is 5.82 Å². The zero-order chi connectivity index (χ0) is 24.8. The number of carbonyl (C=O) groups is 1. The van der Waals surface area contributed by atoms with Gasteiger partial charge in [-0.25, -0.2) is 4.39 Å². The number of pyridine rings is 1. The Balaban J connectivity index is 1.48. The van der Waals surface area contributed by atoms with Crippen molar-refractivity contribution >= 4 is 17.5 Å². The smallest absolute Gasteiger partial charge is 0.255 e. The number of rotatable bonds is 8. The predicted octanol–water partition coefficient (Wildman–Crippen LogP) is 5.48. The number of aromatic nitrogens is 1. The van der Waals surface area contributed by atoms with Crippen LogP contribution in [0, 0.1) is 11.7 Å². The molecule has 184 valence electrons. The van der Waals surface area contributed by atoms with Crippen molar-refractivity contribution in [3.05, 3.63) is 94.5 Å². The minimum atomic E-state index is -0.443. The van der Waals surface area contributed by atoms with Gasteiger partial charge in [-0.3, -0.25) is 14.7 Å². The number of hydrogen-bond donors (Lipinski definition) is 0.